The minimum Gasteiger partial charge on any atom is -0.446 e. The first-order valence-electron chi connectivity index (χ1n) is 19.2. The molecule has 9 nitrogen and oxygen atoms in total. The number of benzene rings is 1. The number of carbonyl (C=O) groups is 3. The summed E-state index contributed by atoms with van der Waals surface area (Å²) in [5.74, 6) is -0.617. The molecule has 0 unspecified atom stereocenters. The lowest BCUT2D eigenvalue weighted by Crippen LogP contribution is -2.45. The Morgan fingerprint density at radius 1 is 0.837 bits per heavy atom. The maximum atomic E-state index is 13.6. The average molecular weight is 700 g/mol. The molecular weight excluding hydrogens is 639 g/mol. The molecule has 274 valence electrons. The van der Waals surface area contributed by atoms with E-state index in [4.69, 9.17) is 23.4 Å². The van der Waals surface area contributed by atoms with Crippen LogP contribution in [0.3, 0.4) is 0 Å². The Bertz CT molecular complexity index is 1250. The number of cyclic esters (lactones) is 1. The Labute approximate surface area is 295 Å². The molecule has 0 spiro atoms. The summed E-state index contributed by atoms with van der Waals surface area (Å²) in [6.45, 7) is 15.3. The maximum absolute atomic E-state index is 13.6. The number of ketones is 1. The van der Waals surface area contributed by atoms with Crippen LogP contribution in [-0.2, 0) is 33.0 Å². The minimum atomic E-state index is -1.84. The highest BCUT2D eigenvalue weighted by molar-refractivity contribution is 6.73. The Hall–Kier alpha value is -2.11. The third-order valence-corrected chi connectivity index (χ3v) is 17.0. The molecule has 0 bridgehead atoms. The molecule has 1 aromatic rings. The van der Waals surface area contributed by atoms with Gasteiger partial charge in [0.05, 0.1) is 48.6 Å². The fraction of sp³-hybridized carbons (Fsp3) is 0.769. The van der Waals surface area contributed by atoms with E-state index in [-0.39, 0.29) is 60.8 Å². The summed E-state index contributed by atoms with van der Waals surface area (Å²) in [6, 6.07) is 12.4. The number of nitrogens with zero attached hydrogens (tertiary/aromatic N) is 1. The zero-order chi connectivity index (χ0) is 35.3. The van der Waals surface area contributed by atoms with Crippen LogP contribution in [0.25, 0.3) is 0 Å². The Kier molecular flexibility index (Phi) is 13.2. The number of hydrogen-bond donors (Lipinski definition) is 0. The quantitative estimate of drug-likeness (QED) is 0.160. The van der Waals surface area contributed by atoms with Crippen molar-refractivity contribution in [2.75, 3.05) is 6.61 Å². The highest BCUT2D eigenvalue weighted by Gasteiger charge is 2.45. The standard InChI is InChI=1S/C39H61NO8Si/c1-8-49(9-2,10-3)48-37(27(6)35-19-16-25(4)45-35)23-31-18-20-34(47-31)26(5)33(41)22-30-17-21-36(46-30)28(7)38(42)40-32(24-44-39(40)43)29-14-12-11-13-15-29/h11-15,25-28,30-32,34-37H,8-10,16-24H2,1-7H3/t25-,26+,27+,28+,30+,31+,32-,34-,35+,36+,37-/m1/s1. The molecule has 11 atom stereocenters. The monoisotopic (exact) mass is 699 g/mol. The minimum absolute atomic E-state index is 0.0692. The fourth-order valence-electron chi connectivity index (χ4n) is 8.52. The van der Waals surface area contributed by atoms with Crippen LogP contribution in [0, 0.1) is 17.8 Å². The van der Waals surface area contributed by atoms with E-state index in [1.807, 2.05) is 44.2 Å². The van der Waals surface area contributed by atoms with Crippen LogP contribution in [0.4, 0.5) is 4.79 Å². The molecule has 0 radical (unpaired) electrons. The Morgan fingerprint density at radius 2 is 1.45 bits per heavy atom. The molecule has 5 rings (SSSR count). The first-order chi connectivity index (χ1) is 23.5. The smallest absolute Gasteiger partial charge is 0.417 e. The van der Waals surface area contributed by atoms with Crippen LogP contribution in [-0.4, -0.2) is 80.3 Å². The van der Waals surface area contributed by atoms with Gasteiger partial charge in [0.1, 0.15) is 18.4 Å². The zero-order valence-corrected chi connectivity index (χ0v) is 31.9. The van der Waals surface area contributed by atoms with Crippen molar-refractivity contribution in [2.45, 2.75) is 167 Å². The SMILES string of the molecule is CC[Si](CC)(CC)O[C@H](C[C@@H]1CC[C@H]([C@@H](C)C(=O)C[C@@H]2CC[C@@H]([C@H](C)C(=O)N3C(=O)OC[C@@H]3c3ccccc3)O2)O1)[C@@H](C)[C@@H]1CC[C@@H](C)O1. The second kappa shape index (κ2) is 16.9. The number of rotatable bonds is 16. The van der Waals surface area contributed by atoms with Crippen LogP contribution in [0.2, 0.25) is 18.1 Å². The van der Waals surface area contributed by atoms with Gasteiger partial charge in [-0.15, -0.1) is 0 Å². The number of amides is 2. The summed E-state index contributed by atoms with van der Waals surface area (Å²) in [5.41, 5.74) is 0.864. The molecule has 0 saturated carbocycles. The van der Waals surface area contributed by atoms with Gasteiger partial charge in [0.2, 0.25) is 5.91 Å². The van der Waals surface area contributed by atoms with Crippen LogP contribution >= 0.6 is 0 Å². The van der Waals surface area contributed by atoms with Gasteiger partial charge in [-0.3, -0.25) is 9.59 Å². The lowest BCUT2D eigenvalue weighted by atomic mass is 9.91. The topological polar surface area (TPSA) is 101 Å². The number of imide groups is 1. The summed E-state index contributed by atoms with van der Waals surface area (Å²) >= 11 is 0. The van der Waals surface area contributed by atoms with E-state index in [9.17, 15) is 14.4 Å². The van der Waals surface area contributed by atoms with Gasteiger partial charge in [0, 0.05) is 18.3 Å². The van der Waals surface area contributed by atoms with E-state index in [0.717, 1.165) is 55.8 Å². The molecule has 1 aromatic carbocycles. The van der Waals surface area contributed by atoms with Gasteiger partial charge < -0.3 is 23.4 Å². The van der Waals surface area contributed by atoms with Crippen molar-refractivity contribution in [3.63, 3.8) is 0 Å². The van der Waals surface area contributed by atoms with E-state index in [0.29, 0.717) is 31.3 Å². The van der Waals surface area contributed by atoms with Crippen molar-refractivity contribution in [3.05, 3.63) is 35.9 Å². The molecule has 4 saturated heterocycles. The molecule has 4 fully saturated rings. The zero-order valence-electron chi connectivity index (χ0n) is 30.9. The van der Waals surface area contributed by atoms with E-state index >= 15 is 0 Å². The van der Waals surface area contributed by atoms with Crippen molar-refractivity contribution in [1.82, 2.24) is 4.90 Å². The predicted molar refractivity (Wildman–Crippen MR) is 191 cm³/mol. The molecule has 2 amide bonds. The summed E-state index contributed by atoms with van der Waals surface area (Å²) in [7, 11) is -1.84. The molecule has 4 aliphatic heterocycles. The highest BCUT2D eigenvalue weighted by atomic mass is 28.4. The average Bonchev–Trinajstić information content (AvgIpc) is 3.94. The molecule has 0 aromatic heterocycles. The van der Waals surface area contributed by atoms with Crippen LogP contribution < -0.4 is 0 Å². The van der Waals surface area contributed by atoms with Crippen molar-refractivity contribution in [3.8, 4) is 0 Å². The molecule has 49 heavy (non-hydrogen) atoms. The van der Waals surface area contributed by atoms with Gasteiger partial charge in [0.25, 0.3) is 0 Å². The van der Waals surface area contributed by atoms with Gasteiger partial charge >= 0.3 is 6.09 Å². The molecule has 4 aliphatic rings. The van der Waals surface area contributed by atoms with Crippen molar-refractivity contribution in [1.29, 1.82) is 0 Å². The van der Waals surface area contributed by atoms with E-state index in [1.54, 1.807) is 0 Å². The maximum Gasteiger partial charge on any atom is 0.417 e. The molecular formula is C39H61NO8Si. The first-order valence-corrected chi connectivity index (χ1v) is 21.7. The largest absolute Gasteiger partial charge is 0.446 e. The van der Waals surface area contributed by atoms with Crippen molar-refractivity contribution >= 4 is 26.1 Å². The lowest BCUT2D eigenvalue weighted by Gasteiger charge is -2.38. The van der Waals surface area contributed by atoms with Crippen LogP contribution in [0.5, 0.6) is 0 Å². The van der Waals surface area contributed by atoms with E-state index in [1.165, 1.54) is 4.90 Å². The van der Waals surface area contributed by atoms with Crippen LogP contribution in [0.1, 0.15) is 111 Å². The molecule has 10 heteroatoms. The number of ether oxygens (including phenoxy) is 4. The van der Waals surface area contributed by atoms with Crippen LogP contribution in [0.15, 0.2) is 30.3 Å². The fourth-order valence-corrected chi connectivity index (χ4v) is 11.5. The van der Waals surface area contributed by atoms with Gasteiger partial charge in [-0.1, -0.05) is 71.9 Å². The summed E-state index contributed by atoms with van der Waals surface area (Å²) in [4.78, 5) is 40.9. The number of Topliss-reactive ketones (excluding diaryl/α,β-unsaturated/α-hetero) is 1. The van der Waals surface area contributed by atoms with Gasteiger partial charge in [0.15, 0.2) is 8.32 Å². The lowest BCUT2D eigenvalue weighted by molar-refractivity contribution is -0.138. The second-order valence-corrected chi connectivity index (χ2v) is 20.0. The third kappa shape index (κ3) is 8.86. The third-order valence-electron chi connectivity index (χ3n) is 12.3. The van der Waals surface area contributed by atoms with Crippen molar-refractivity contribution in [2.24, 2.45) is 17.8 Å². The van der Waals surface area contributed by atoms with E-state index < -0.39 is 26.4 Å². The molecule has 0 aliphatic carbocycles. The second-order valence-electron chi connectivity index (χ2n) is 15.3. The van der Waals surface area contributed by atoms with Crippen molar-refractivity contribution < 1.29 is 37.8 Å². The van der Waals surface area contributed by atoms with E-state index in [2.05, 4.69) is 34.6 Å². The first kappa shape index (κ1) is 38.1. The Balaban J connectivity index is 1.13. The summed E-state index contributed by atoms with van der Waals surface area (Å²) in [6.07, 6.45) is 5.85. The number of hydrogen-bond acceptors (Lipinski definition) is 8. The molecule has 0 N–H and O–H groups in total. The summed E-state index contributed by atoms with van der Waals surface area (Å²) in [5, 5.41) is 0. The predicted octanol–water partition coefficient (Wildman–Crippen LogP) is 8.02. The molecule has 4 heterocycles. The van der Waals surface area contributed by atoms with Gasteiger partial charge in [-0.2, -0.15) is 0 Å². The van der Waals surface area contributed by atoms with Gasteiger partial charge in [-0.05, 0) is 75.6 Å². The highest BCUT2D eigenvalue weighted by Crippen LogP contribution is 2.38. The summed E-state index contributed by atoms with van der Waals surface area (Å²) < 4.78 is 31.7. The Morgan fingerprint density at radius 3 is 2.08 bits per heavy atom. The number of carbonyl (C=O) groups excluding carboxylic acids is 3. The normalized spacial score (nSPS) is 31.4. The van der Waals surface area contributed by atoms with Gasteiger partial charge in [-0.25, -0.2) is 9.69 Å².